The third-order valence-corrected chi connectivity index (χ3v) is 5.71. The van der Waals surface area contributed by atoms with Crippen LogP contribution in [0, 0.1) is 0 Å². The summed E-state index contributed by atoms with van der Waals surface area (Å²) >= 11 is 1.23. The minimum Gasteiger partial charge on any atom is -0.368 e. The van der Waals surface area contributed by atoms with Gasteiger partial charge in [-0.3, -0.25) is 19.0 Å². The number of hydrogen-bond donors (Lipinski definition) is 1. The van der Waals surface area contributed by atoms with Gasteiger partial charge in [-0.05, 0) is 45.2 Å². The smallest absolute Gasteiger partial charge is 0.262 e. The zero-order valence-electron chi connectivity index (χ0n) is 15.6. The molecule has 7 nitrogen and oxygen atoms in total. The van der Waals surface area contributed by atoms with E-state index in [9.17, 15) is 14.4 Å². The first kappa shape index (κ1) is 19.4. The molecule has 0 spiro atoms. The van der Waals surface area contributed by atoms with Gasteiger partial charge in [0.15, 0.2) is 5.16 Å². The average molecular weight is 388 g/mol. The highest BCUT2D eigenvalue weighted by Crippen LogP contribution is 2.23. The summed E-state index contributed by atoms with van der Waals surface area (Å²) in [5.41, 5.74) is 5.95. The summed E-state index contributed by atoms with van der Waals surface area (Å²) in [5, 5.41) is 1.07. The fraction of sp³-hybridized carbons (Fsp3) is 0.474. The van der Waals surface area contributed by atoms with E-state index in [2.05, 4.69) is 4.98 Å². The number of para-hydroxylation sites is 1. The van der Waals surface area contributed by atoms with Crippen molar-refractivity contribution < 1.29 is 9.59 Å². The highest BCUT2D eigenvalue weighted by atomic mass is 32.2. The predicted molar refractivity (Wildman–Crippen MR) is 106 cm³/mol. The van der Waals surface area contributed by atoms with E-state index in [1.165, 1.54) is 11.8 Å². The first-order valence-electron chi connectivity index (χ1n) is 9.13. The number of nitrogens with two attached hydrogens (primary N) is 1. The van der Waals surface area contributed by atoms with Crippen molar-refractivity contribution in [2.45, 2.75) is 50.4 Å². The van der Waals surface area contributed by atoms with Crippen LogP contribution in [0.1, 0.15) is 39.2 Å². The van der Waals surface area contributed by atoms with Crippen molar-refractivity contribution in [3.05, 3.63) is 34.6 Å². The van der Waals surface area contributed by atoms with E-state index in [1.54, 1.807) is 21.6 Å². The molecule has 3 rings (SSSR count). The quantitative estimate of drug-likeness (QED) is 0.623. The van der Waals surface area contributed by atoms with Crippen LogP contribution in [0.2, 0.25) is 0 Å². The monoisotopic (exact) mass is 388 g/mol. The minimum atomic E-state index is -0.538. The molecule has 8 heteroatoms. The van der Waals surface area contributed by atoms with Gasteiger partial charge >= 0.3 is 0 Å². The van der Waals surface area contributed by atoms with Gasteiger partial charge in [0, 0.05) is 12.6 Å². The molecule has 1 atom stereocenters. The van der Waals surface area contributed by atoms with Crippen molar-refractivity contribution in [1.29, 1.82) is 0 Å². The summed E-state index contributed by atoms with van der Waals surface area (Å²) in [5.74, 6) is -0.501. The zero-order valence-corrected chi connectivity index (χ0v) is 16.4. The van der Waals surface area contributed by atoms with Crippen LogP contribution in [-0.2, 0) is 9.59 Å². The number of hydrogen-bond acceptors (Lipinski definition) is 5. The van der Waals surface area contributed by atoms with Crippen molar-refractivity contribution in [3.63, 3.8) is 0 Å². The van der Waals surface area contributed by atoms with Gasteiger partial charge < -0.3 is 10.6 Å². The van der Waals surface area contributed by atoms with Crippen LogP contribution in [-0.4, -0.2) is 44.6 Å². The van der Waals surface area contributed by atoms with Crippen molar-refractivity contribution in [3.8, 4) is 0 Å². The molecule has 1 aliphatic heterocycles. The second-order valence-corrected chi connectivity index (χ2v) is 7.91. The van der Waals surface area contributed by atoms with Crippen LogP contribution in [0.4, 0.5) is 0 Å². The molecule has 1 aliphatic rings. The molecule has 2 aromatic rings. The molecule has 0 radical (unpaired) electrons. The summed E-state index contributed by atoms with van der Waals surface area (Å²) < 4.78 is 1.61. The number of piperidine rings is 1. The van der Waals surface area contributed by atoms with Crippen LogP contribution >= 0.6 is 11.8 Å². The van der Waals surface area contributed by atoms with Gasteiger partial charge in [0.1, 0.15) is 6.04 Å². The third kappa shape index (κ3) is 4.00. The molecule has 0 unspecified atom stereocenters. The maximum Gasteiger partial charge on any atom is 0.262 e. The van der Waals surface area contributed by atoms with E-state index >= 15 is 0 Å². The van der Waals surface area contributed by atoms with Gasteiger partial charge in [-0.15, -0.1) is 0 Å². The van der Waals surface area contributed by atoms with E-state index in [-0.39, 0.29) is 23.3 Å². The molecule has 1 aromatic heterocycles. The van der Waals surface area contributed by atoms with Gasteiger partial charge in [0.05, 0.1) is 16.7 Å². The van der Waals surface area contributed by atoms with Gasteiger partial charge in [-0.25, -0.2) is 4.98 Å². The first-order valence-corrected chi connectivity index (χ1v) is 10.1. The molecule has 1 saturated heterocycles. The first-order chi connectivity index (χ1) is 12.9. The number of carbonyl (C=O) groups excluding carboxylic acids is 2. The molecular weight excluding hydrogens is 364 g/mol. The number of aromatic nitrogens is 2. The lowest BCUT2D eigenvalue weighted by Crippen LogP contribution is -2.51. The molecule has 27 heavy (non-hydrogen) atoms. The van der Waals surface area contributed by atoms with Crippen molar-refractivity contribution in [2.24, 2.45) is 5.73 Å². The van der Waals surface area contributed by atoms with E-state index in [1.807, 2.05) is 26.0 Å². The number of thioether (sulfide) groups is 1. The Balaban J connectivity index is 1.86. The lowest BCUT2D eigenvalue weighted by molar-refractivity contribution is -0.138. The van der Waals surface area contributed by atoms with Gasteiger partial charge in [0.25, 0.3) is 5.56 Å². The van der Waals surface area contributed by atoms with Crippen LogP contribution in [0.25, 0.3) is 10.9 Å². The van der Waals surface area contributed by atoms with E-state index in [0.29, 0.717) is 29.0 Å². The van der Waals surface area contributed by atoms with Crippen molar-refractivity contribution in [1.82, 2.24) is 14.5 Å². The molecule has 2 amide bonds. The summed E-state index contributed by atoms with van der Waals surface area (Å²) in [7, 11) is 0. The van der Waals surface area contributed by atoms with Crippen LogP contribution < -0.4 is 11.3 Å². The standard InChI is InChI=1S/C19H24N4O3S/c1-12(2)23-18(26)13-7-3-4-8-14(13)21-19(23)27-11-16(24)22-10-6-5-9-15(22)17(20)25/h3-4,7-8,12,15H,5-6,9-11H2,1-2H3,(H2,20,25)/t15-/m1/s1. The zero-order chi connectivity index (χ0) is 19.6. The lowest BCUT2D eigenvalue weighted by atomic mass is 10.0. The molecule has 2 heterocycles. The summed E-state index contributed by atoms with van der Waals surface area (Å²) in [6, 6.07) is 6.57. The molecule has 0 saturated carbocycles. The number of primary amides is 1. The average Bonchev–Trinajstić information content (AvgIpc) is 2.65. The number of rotatable bonds is 5. The van der Waals surface area contributed by atoms with Gasteiger partial charge in [0.2, 0.25) is 11.8 Å². The highest BCUT2D eigenvalue weighted by Gasteiger charge is 2.30. The van der Waals surface area contributed by atoms with Crippen LogP contribution in [0.5, 0.6) is 0 Å². The molecule has 2 N–H and O–H groups in total. The largest absolute Gasteiger partial charge is 0.368 e. The Bertz CT molecular complexity index is 925. The number of amides is 2. The summed E-state index contributed by atoms with van der Waals surface area (Å²) in [6.45, 7) is 4.37. The SMILES string of the molecule is CC(C)n1c(SCC(=O)N2CCCC[C@@H]2C(N)=O)nc2ccccc2c1=O. The molecule has 1 fully saturated rings. The van der Waals surface area contributed by atoms with Crippen molar-refractivity contribution >= 4 is 34.5 Å². The van der Waals surface area contributed by atoms with Gasteiger partial charge in [-0.1, -0.05) is 23.9 Å². The Morgan fingerprint density at radius 2 is 2.04 bits per heavy atom. The number of benzene rings is 1. The fourth-order valence-corrected chi connectivity index (χ4v) is 4.43. The Hall–Kier alpha value is -2.35. The topological polar surface area (TPSA) is 98.3 Å². The molecular formula is C19H24N4O3S. The number of likely N-dealkylation sites (tertiary alicyclic amines) is 1. The van der Waals surface area contributed by atoms with Crippen molar-refractivity contribution in [2.75, 3.05) is 12.3 Å². The maximum atomic E-state index is 12.8. The second-order valence-electron chi connectivity index (χ2n) is 6.97. The van der Waals surface area contributed by atoms with Gasteiger partial charge in [-0.2, -0.15) is 0 Å². The number of fused-ring (bicyclic) bond motifs is 1. The fourth-order valence-electron chi connectivity index (χ4n) is 3.42. The highest BCUT2D eigenvalue weighted by molar-refractivity contribution is 7.99. The Kier molecular flexibility index (Phi) is 5.84. The number of carbonyl (C=O) groups is 2. The molecule has 0 aliphatic carbocycles. The molecule has 1 aromatic carbocycles. The third-order valence-electron chi connectivity index (χ3n) is 4.77. The lowest BCUT2D eigenvalue weighted by Gasteiger charge is -2.33. The Morgan fingerprint density at radius 3 is 2.74 bits per heavy atom. The van der Waals surface area contributed by atoms with Crippen LogP contribution in [0.3, 0.4) is 0 Å². The Morgan fingerprint density at radius 1 is 1.30 bits per heavy atom. The molecule has 0 bridgehead atoms. The normalized spacial score (nSPS) is 17.4. The summed E-state index contributed by atoms with van der Waals surface area (Å²) in [6.07, 6.45) is 2.37. The number of nitrogens with zero attached hydrogens (tertiary/aromatic N) is 3. The van der Waals surface area contributed by atoms with E-state index in [4.69, 9.17) is 5.73 Å². The second kappa shape index (κ2) is 8.12. The maximum absolute atomic E-state index is 12.8. The molecule has 144 valence electrons. The van der Waals surface area contributed by atoms with E-state index < -0.39 is 11.9 Å². The van der Waals surface area contributed by atoms with E-state index in [0.717, 1.165) is 12.8 Å². The predicted octanol–water partition coefficient (Wildman–Crippen LogP) is 1.94. The minimum absolute atomic E-state index is 0.0828. The Labute approximate surface area is 161 Å². The van der Waals surface area contributed by atoms with Crippen LogP contribution in [0.15, 0.2) is 34.2 Å². The summed E-state index contributed by atoms with van der Waals surface area (Å²) in [4.78, 5) is 43.3.